The maximum atomic E-state index is 12.7. The summed E-state index contributed by atoms with van der Waals surface area (Å²) < 4.78 is 5.34. The predicted molar refractivity (Wildman–Crippen MR) is 110 cm³/mol. The van der Waals surface area contributed by atoms with Crippen LogP contribution in [0.1, 0.15) is 85.5 Å². The van der Waals surface area contributed by atoms with Gasteiger partial charge in [0.05, 0.1) is 5.56 Å². The molecule has 0 unspecified atom stereocenters. The SMILES string of the molecule is CC(=O)Nc1sc2c(c1C(=O)OCC(=O)NC1CCCCCCC1)CCCC2. The van der Waals surface area contributed by atoms with Gasteiger partial charge in [0, 0.05) is 17.8 Å². The molecule has 0 bridgehead atoms. The van der Waals surface area contributed by atoms with E-state index in [1.54, 1.807) is 0 Å². The summed E-state index contributed by atoms with van der Waals surface area (Å²) in [4.78, 5) is 37.7. The van der Waals surface area contributed by atoms with Gasteiger partial charge in [-0.05, 0) is 44.1 Å². The first-order valence-corrected chi connectivity index (χ1v) is 11.2. The first kappa shape index (κ1) is 20.8. The Bertz CT molecular complexity index is 720. The second kappa shape index (κ2) is 10.0. The van der Waals surface area contributed by atoms with Crippen LogP contribution in [0.5, 0.6) is 0 Å². The number of aryl methyl sites for hydroxylation is 1. The van der Waals surface area contributed by atoms with Crippen molar-refractivity contribution in [1.29, 1.82) is 0 Å². The molecule has 2 aliphatic rings. The van der Waals surface area contributed by atoms with E-state index in [0.717, 1.165) is 61.8 Å². The van der Waals surface area contributed by atoms with Crippen LogP contribution in [0.25, 0.3) is 0 Å². The predicted octanol–water partition coefficient (Wildman–Crippen LogP) is 3.97. The van der Waals surface area contributed by atoms with Crippen LogP contribution in [0, 0.1) is 0 Å². The summed E-state index contributed by atoms with van der Waals surface area (Å²) in [6.45, 7) is 1.15. The molecule has 0 radical (unpaired) electrons. The van der Waals surface area contributed by atoms with Crippen LogP contribution < -0.4 is 10.6 Å². The van der Waals surface area contributed by atoms with Crippen molar-refractivity contribution in [2.75, 3.05) is 11.9 Å². The van der Waals surface area contributed by atoms with E-state index < -0.39 is 5.97 Å². The fourth-order valence-corrected chi connectivity index (χ4v) is 5.43. The minimum atomic E-state index is -0.518. The number of esters is 1. The number of nitrogens with one attached hydrogen (secondary N) is 2. The minimum absolute atomic E-state index is 0.176. The first-order valence-electron chi connectivity index (χ1n) is 10.4. The van der Waals surface area contributed by atoms with E-state index in [1.807, 2.05) is 0 Å². The van der Waals surface area contributed by atoms with Crippen molar-refractivity contribution in [1.82, 2.24) is 5.32 Å². The van der Waals surface area contributed by atoms with Crippen molar-refractivity contribution < 1.29 is 19.1 Å². The van der Waals surface area contributed by atoms with Gasteiger partial charge in [-0.25, -0.2) is 4.79 Å². The Balaban J connectivity index is 1.60. The van der Waals surface area contributed by atoms with Crippen molar-refractivity contribution >= 4 is 34.1 Å². The molecule has 6 nitrogen and oxygen atoms in total. The van der Waals surface area contributed by atoms with Gasteiger partial charge in [-0.2, -0.15) is 0 Å². The standard InChI is InChI=1S/C21H30N2O4S/c1-14(24)22-20-19(16-11-7-8-12-17(16)28-20)21(26)27-13-18(25)23-15-9-5-3-2-4-6-10-15/h15H,2-13H2,1H3,(H,22,24)(H,23,25). The van der Waals surface area contributed by atoms with Crippen molar-refractivity contribution in [3.05, 3.63) is 16.0 Å². The Morgan fingerprint density at radius 3 is 2.39 bits per heavy atom. The van der Waals surface area contributed by atoms with Crippen LogP contribution in [-0.4, -0.2) is 30.4 Å². The molecule has 2 amide bonds. The zero-order chi connectivity index (χ0) is 19.9. The molecule has 3 rings (SSSR count). The Hall–Kier alpha value is -1.89. The van der Waals surface area contributed by atoms with Crippen LogP contribution in [0.4, 0.5) is 5.00 Å². The molecule has 2 aliphatic carbocycles. The van der Waals surface area contributed by atoms with Crippen molar-refractivity contribution in [3.63, 3.8) is 0 Å². The summed E-state index contributed by atoms with van der Waals surface area (Å²) in [5.74, 6) is -0.977. The number of rotatable bonds is 5. The van der Waals surface area contributed by atoms with E-state index in [-0.39, 0.29) is 24.5 Å². The smallest absolute Gasteiger partial charge is 0.341 e. The largest absolute Gasteiger partial charge is 0.452 e. The molecule has 1 heterocycles. The van der Waals surface area contributed by atoms with Gasteiger partial charge in [0.1, 0.15) is 5.00 Å². The first-order chi connectivity index (χ1) is 13.5. The molecular formula is C21H30N2O4S. The van der Waals surface area contributed by atoms with Gasteiger partial charge in [-0.15, -0.1) is 11.3 Å². The quantitative estimate of drug-likeness (QED) is 0.725. The van der Waals surface area contributed by atoms with Gasteiger partial charge in [-0.1, -0.05) is 32.1 Å². The molecule has 0 spiro atoms. The number of thiophene rings is 1. The highest BCUT2D eigenvalue weighted by atomic mass is 32.1. The second-order valence-electron chi connectivity index (χ2n) is 7.78. The van der Waals surface area contributed by atoms with Crippen LogP contribution in [-0.2, 0) is 27.2 Å². The topological polar surface area (TPSA) is 84.5 Å². The van der Waals surface area contributed by atoms with Gasteiger partial charge in [-0.3, -0.25) is 9.59 Å². The zero-order valence-corrected chi connectivity index (χ0v) is 17.4. The van der Waals surface area contributed by atoms with E-state index in [0.29, 0.717) is 10.6 Å². The zero-order valence-electron chi connectivity index (χ0n) is 16.6. The average Bonchev–Trinajstić information content (AvgIpc) is 2.99. The molecule has 1 aromatic rings. The molecule has 1 saturated carbocycles. The number of anilines is 1. The van der Waals surface area contributed by atoms with E-state index in [2.05, 4.69) is 10.6 Å². The van der Waals surface area contributed by atoms with E-state index in [9.17, 15) is 14.4 Å². The van der Waals surface area contributed by atoms with Crippen LogP contribution in [0.2, 0.25) is 0 Å². The summed E-state index contributed by atoms with van der Waals surface area (Å²) in [5.41, 5.74) is 1.42. The van der Waals surface area contributed by atoms with Gasteiger partial charge >= 0.3 is 5.97 Å². The number of amides is 2. The molecule has 0 aromatic carbocycles. The molecule has 1 aromatic heterocycles. The highest BCUT2D eigenvalue weighted by Gasteiger charge is 2.27. The molecule has 2 N–H and O–H groups in total. The molecule has 1 fully saturated rings. The fraction of sp³-hybridized carbons (Fsp3) is 0.667. The van der Waals surface area contributed by atoms with Gasteiger partial charge < -0.3 is 15.4 Å². The average molecular weight is 407 g/mol. The number of carbonyl (C=O) groups excluding carboxylic acids is 3. The molecule has 0 aliphatic heterocycles. The third-order valence-corrected chi connectivity index (χ3v) is 6.68. The van der Waals surface area contributed by atoms with Crippen LogP contribution in [0.3, 0.4) is 0 Å². The molecule has 7 heteroatoms. The summed E-state index contributed by atoms with van der Waals surface area (Å²) in [7, 11) is 0. The van der Waals surface area contributed by atoms with Crippen molar-refractivity contribution in [3.8, 4) is 0 Å². The number of hydrogen-bond acceptors (Lipinski definition) is 5. The lowest BCUT2D eigenvalue weighted by molar-refractivity contribution is -0.125. The summed E-state index contributed by atoms with van der Waals surface area (Å²) >= 11 is 1.45. The third kappa shape index (κ3) is 5.56. The van der Waals surface area contributed by atoms with Crippen molar-refractivity contribution in [2.24, 2.45) is 0 Å². The Kier molecular flexibility index (Phi) is 7.48. The number of fused-ring (bicyclic) bond motifs is 1. The van der Waals surface area contributed by atoms with E-state index >= 15 is 0 Å². The molecule has 0 atom stereocenters. The molecule has 0 saturated heterocycles. The lowest BCUT2D eigenvalue weighted by atomic mass is 9.95. The summed E-state index contributed by atoms with van der Waals surface area (Å²) in [5, 5.41) is 6.32. The molecule has 28 heavy (non-hydrogen) atoms. The van der Waals surface area contributed by atoms with Crippen molar-refractivity contribution in [2.45, 2.75) is 83.6 Å². The lowest BCUT2D eigenvalue weighted by Crippen LogP contribution is -2.38. The molecular weight excluding hydrogens is 376 g/mol. The normalized spacial score (nSPS) is 17.8. The number of ether oxygens (including phenoxy) is 1. The summed E-state index contributed by atoms with van der Waals surface area (Å²) in [6.07, 6.45) is 11.8. The van der Waals surface area contributed by atoms with Gasteiger partial charge in [0.25, 0.3) is 5.91 Å². The highest BCUT2D eigenvalue weighted by Crippen LogP contribution is 2.38. The number of hydrogen-bond donors (Lipinski definition) is 2. The van der Waals surface area contributed by atoms with E-state index in [1.165, 1.54) is 37.5 Å². The maximum Gasteiger partial charge on any atom is 0.341 e. The lowest BCUT2D eigenvalue weighted by Gasteiger charge is -2.21. The molecule has 154 valence electrons. The monoisotopic (exact) mass is 406 g/mol. The maximum absolute atomic E-state index is 12.7. The second-order valence-corrected chi connectivity index (χ2v) is 8.89. The van der Waals surface area contributed by atoms with E-state index in [4.69, 9.17) is 4.74 Å². The fourth-order valence-electron chi connectivity index (χ4n) is 4.10. The summed E-state index contributed by atoms with van der Waals surface area (Å²) in [6, 6.07) is 0.176. The third-order valence-electron chi connectivity index (χ3n) is 5.47. The van der Waals surface area contributed by atoms with Crippen LogP contribution in [0.15, 0.2) is 0 Å². The highest BCUT2D eigenvalue weighted by molar-refractivity contribution is 7.17. The Labute approximate surface area is 170 Å². The Morgan fingerprint density at radius 2 is 1.68 bits per heavy atom. The minimum Gasteiger partial charge on any atom is -0.452 e. The van der Waals surface area contributed by atoms with Gasteiger partial charge in [0.15, 0.2) is 6.61 Å². The Morgan fingerprint density at radius 1 is 1.00 bits per heavy atom. The van der Waals surface area contributed by atoms with Gasteiger partial charge in [0.2, 0.25) is 5.91 Å². The van der Waals surface area contributed by atoms with Crippen LogP contribution >= 0.6 is 11.3 Å². The number of carbonyl (C=O) groups is 3.